The summed E-state index contributed by atoms with van der Waals surface area (Å²) < 4.78 is 0. The number of aromatic nitrogens is 1. The summed E-state index contributed by atoms with van der Waals surface area (Å²) in [7, 11) is 0. The predicted molar refractivity (Wildman–Crippen MR) is 85.6 cm³/mol. The van der Waals surface area contributed by atoms with E-state index in [1.54, 1.807) is 6.07 Å². The third kappa shape index (κ3) is 3.51. The summed E-state index contributed by atoms with van der Waals surface area (Å²) in [6.07, 6.45) is 0.837. The van der Waals surface area contributed by atoms with Gasteiger partial charge in [-0.2, -0.15) is 0 Å². The van der Waals surface area contributed by atoms with Crippen molar-refractivity contribution < 1.29 is 4.79 Å². The number of para-hydroxylation sites is 1. The molecule has 0 saturated carbocycles. The van der Waals surface area contributed by atoms with Gasteiger partial charge in [-0.05, 0) is 36.6 Å². The molecule has 0 unspecified atom stereocenters. The number of amides is 1. The Morgan fingerprint density at radius 2 is 2.14 bits per heavy atom. The number of halogens is 1. The molecule has 2 aromatic rings. The maximum atomic E-state index is 12.4. The summed E-state index contributed by atoms with van der Waals surface area (Å²) in [5.41, 5.74) is 5.71. The van der Waals surface area contributed by atoms with Crippen LogP contribution in [-0.4, -0.2) is 10.9 Å². The van der Waals surface area contributed by atoms with E-state index in [4.69, 9.17) is 17.4 Å². The zero-order valence-corrected chi connectivity index (χ0v) is 12.7. The molecule has 5 nitrogen and oxygen atoms in total. The van der Waals surface area contributed by atoms with Crippen molar-refractivity contribution in [2.75, 3.05) is 10.7 Å². The minimum absolute atomic E-state index is 0.205. The number of anilines is 2. The monoisotopic (exact) mass is 304 g/mol. The van der Waals surface area contributed by atoms with Gasteiger partial charge in [-0.3, -0.25) is 4.79 Å². The Hall–Kier alpha value is -2.11. The van der Waals surface area contributed by atoms with Crippen LogP contribution in [0.1, 0.15) is 28.4 Å². The van der Waals surface area contributed by atoms with Gasteiger partial charge in [0.05, 0.1) is 0 Å². The van der Waals surface area contributed by atoms with Gasteiger partial charge in [0.15, 0.2) is 0 Å². The van der Waals surface area contributed by atoms with Gasteiger partial charge >= 0.3 is 0 Å². The highest BCUT2D eigenvalue weighted by Gasteiger charge is 2.12. The molecule has 0 aliphatic carbocycles. The van der Waals surface area contributed by atoms with Gasteiger partial charge in [-0.25, -0.2) is 10.8 Å². The van der Waals surface area contributed by atoms with Crippen molar-refractivity contribution >= 4 is 29.0 Å². The van der Waals surface area contributed by atoms with Gasteiger partial charge < -0.3 is 10.7 Å². The van der Waals surface area contributed by atoms with Crippen molar-refractivity contribution in [3.8, 4) is 0 Å². The molecule has 4 N–H and O–H groups in total. The van der Waals surface area contributed by atoms with E-state index in [0.29, 0.717) is 11.4 Å². The largest absolute Gasteiger partial charge is 0.321 e. The third-order valence-corrected chi connectivity index (χ3v) is 3.38. The second kappa shape index (κ2) is 6.56. The summed E-state index contributed by atoms with van der Waals surface area (Å²) >= 11 is 5.88. The molecule has 2 rings (SSSR count). The number of nitrogens with one attached hydrogen (secondary N) is 2. The average Bonchev–Trinajstić information content (AvgIpc) is 2.48. The second-order valence-corrected chi connectivity index (χ2v) is 5.01. The van der Waals surface area contributed by atoms with Crippen molar-refractivity contribution in [1.82, 2.24) is 4.98 Å². The van der Waals surface area contributed by atoms with Crippen molar-refractivity contribution in [2.24, 2.45) is 5.84 Å². The van der Waals surface area contributed by atoms with Gasteiger partial charge in [0, 0.05) is 11.3 Å². The van der Waals surface area contributed by atoms with E-state index in [9.17, 15) is 4.79 Å². The lowest BCUT2D eigenvalue weighted by Crippen LogP contribution is -2.16. The predicted octanol–water partition coefficient (Wildman–Crippen LogP) is 3.14. The number of hydrogen-bond acceptors (Lipinski definition) is 4. The van der Waals surface area contributed by atoms with Crippen LogP contribution in [0.2, 0.25) is 5.15 Å². The van der Waals surface area contributed by atoms with Gasteiger partial charge in [0.2, 0.25) is 0 Å². The van der Waals surface area contributed by atoms with Crippen LogP contribution < -0.4 is 16.6 Å². The molecule has 0 aliphatic heterocycles. The average molecular weight is 305 g/mol. The molecule has 0 atom stereocenters. The summed E-state index contributed by atoms with van der Waals surface area (Å²) in [6.45, 7) is 4.01. The smallest absolute Gasteiger partial charge is 0.255 e. The lowest BCUT2D eigenvalue weighted by atomic mass is 10.1. The van der Waals surface area contributed by atoms with E-state index in [1.807, 2.05) is 32.0 Å². The molecular formula is C15H17ClN4O. The van der Waals surface area contributed by atoms with E-state index in [1.165, 1.54) is 6.07 Å². The number of hydrazine groups is 1. The fraction of sp³-hybridized carbons (Fsp3) is 0.200. The number of carbonyl (C=O) groups is 1. The van der Waals surface area contributed by atoms with E-state index in [2.05, 4.69) is 15.7 Å². The molecule has 6 heteroatoms. The van der Waals surface area contributed by atoms with Crippen LogP contribution in [0.25, 0.3) is 0 Å². The van der Waals surface area contributed by atoms with Crippen LogP contribution >= 0.6 is 11.6 Å². The highest BCUT2D eigenvalue weighted by atomic mass is 35.5. The van der Waals surface area contributed by atoms with Crippen molar-refractivity contribution in [1.29, 1.82) is 0 Å². The maximum Gasteiger partial charge on any atom is 0.255 e. The van der Waals surface area contributed by atoms with Crippen LogP contribution in [0.5, 0.6) is 0 Å². The van der Waals surface area contributed by atoms with E-state index in [0.717, 1.165) is 23.2 Å². The maximum absolute atomic E-state index is 12.4. The summed E-state index contributed by atoms with van der Waals surface area (Å²) in [5.74, 6) is 5.40. The quantitative estimate of drug-likeness (QED) is 0.460. The minimum atomic E-state index is -0.250. The molecule has 0 bridgehead atoms. The summed E-state index contributed by atoms with van der Waals surface area (Å²) in [6, 6.07) is 8.98. The molecule has 1 heterocycles. The number of nitrogen functional groups attached to an aromatic ring is 1. The Balaban J connectivity index is 2.32. The Kier molecular flexibility index (Phi) is 4.77. The third-order valence-electron chi connectivity index (χ3n) is 3.18. The van der Waals surface area contributed by atoms with Crippen molar-refractivity contribution in [3.63, 3.8) is 0 Å². The number of benzene rings is 1. The van der Waals surface area contributed by atoms with E-state index < -0.39 is 0 Å². The molecule has 0 radical (unpaired) electrons. The molecular weight excluding hydrogens is 288 g/mol. The lowest BCUT2D eigenvalue weighted by Gasteiger charge is -2.13. The number of nitrogens with two attached hydrogens (primary N) is 1. The van der Waals surface area contributed by atoms with Gasteiger partial charge in [-0.1, -0.05) is 36.7 Å². The van der Waals surface area contributed by atoms with Crippen LogP contribution in [0.15, 0.2) is 30.3 Å². The molecule has 0 aliphatic rings. The molecule has 0 spiro atoms. The molecule has 1 amide bonds. The van der Waals surface area contributed by atoms with E-state index >= 15 is 0 Å². The summed E-state index contributed by atoms with van der Waals surface area (Å²) in [4.78, 5) is 16.3. The Morgan fingerprint density at radius 3 is 2.81 bits per heavy atom. The first-order valence-corrected chi connectivity index (χ1v) is 6.97. The Labute approximate surface area is 128 Å². The fourth-order valence-electron chi connectivity index (χ4n) is 2.09. The zero-order valence-electron chi connectivity index (χ0n) is 11.9. The number of carbonyl (C=O) groups excluding carboxylic acids is 1. The standard InChI is InChI=1S/C15H17ClN4O/c1-3-10-6-4-5-9(2)14(10)19-15(21)11-7-12(16)18-13(8-11)20-17/h4-8H,3,17H2,1-2H3,(H,18,20)(H,19,21). The van der Waals surface area contributed by atoms with Crippen molar-refractivity contribution in [2.45, 2.75) is 20.3 Å². The van der Waals surface area contributed by atoms with Crippen LogP contribution in [0.4, 0.5) is 11.5 Å². The number of aryl methyl sites for hydroxylation is 2. The first-order valence-electron chi connectivity index (χ1n) is 6.59. The highest BCUT2D eigenvalue weighted by molar-refractivity contribution is 6.30. The first kappa shape index (κ1) is 15.3. The molecule has 0 saturated heterocycles. The topological polar surface area (TPSA) is 80.0 Å². The molecule has 1 aromatic carbocycles. The van der Waals surface area contributed by atoms with Crippen LogP contribution in [0, 0.1) is 6.92 Å². The normalized spacial score (nSPS) is 10.3. The second-order valence-electron chi connectivity index (χ2n) is 4.62. The highest BCUT2D eigenvalue weighted by Crippen LogP contribution is 2.22. The number of hydrogen-bond donors (Lipinski definition) is 3. The van der Waals surface area contributed by atoms with Gasteiger partial charge in [-0.15, -0.1) is 0 Å². The Morgan fingerprint density at radius 1 is 1.38 bits per heavy atom. The number of rotatable bonds is 4. The van der Waals surface area contributed by atoms with Gasteiger partial charge in [0.25, 0.3) is 5.91 Å². The fourth-order valence-corrected chi connectivity index (χ4v) is 2.30. The van der Waals surface area contributed by atoms with Crippen molar-refractivity contribution in [3.05, 3.63) is 52.2 Å². The minimum Gasteiger partial charge on any atom is -0.321 e. The van der Waals surface area contributed by atoms with Crippen LogP contribution in [-0.2, 0) is 6.42 Å². The summed E-state index contributed by atoms with van der Waals surface area (Å²) in [5, 5.41) is 3.14. The SMILES string of the molecule is CCc1cccc(C)c1NC(=O)c1cc(Cl)nc(NN)c1. The molecule has 0 fully saturated rings. The van der Waals surface area contributed by atoms with Crippen LogP contribution in [0.3, 0.4) is 0 Å². The molecule has 21 heavy (non-hydrogen) atoms. The first-order chi connectivity index (χ1) is 10.0. The van der Waals surface area contributed by atoms with E-state index in [-0.39, 0.29) is 11.1 Å². The van der Waals surface area contributed by atoms with Gasteiger partial charge in [0.1, 0.15) is 11.0 Å². The molecule has 110 valence electrons. The lowest BCUT2D eigenvalue weighted by molar-refractivity contribution is 0.102. The Bertz CT molecular complexity index is 673. The zero-order chi connectivity index (χ0) is 15.4. The number of nitrogens with zero attached hydrogens (tertiary/aromatic N) is 1. The molecule has 1 aromatic heterocycles. The number of pyridine rings is 1.